The molecular formula is C15H24N4O. The average Bonchev–Trinajstić information content (AvgIpc) is 2.84. The third kappa shape index (κ3) is 2.46. The lowest BCUT2D eigenvalue weighted by atomic mass is 9.79. The van der Waals surface area contributed by atoms with Gasteiger partial charge in [0.25, 0.3) is 5.56 Å². The summed E-state index contributed by atoms with van der Waals surface area (Å²) in [6.07, 6.45) is 7.91. The number of hydrogen-bond acceptors (Lipinski definition) is 4. The SMILES string of the molecule is CCCn1ccnc(N2C[C@H]3CCC(N)C[C@H]3C2)c1=O. The fourth-order valence-corrected chi connectivity index (χ4v) is 3.71. The zero-order valence-corrected chi connectivity index (χ0v) is 12.2. The van der Waals surface area contributed by atoms with Crippen LogP contribution in [0.3, 0.4) is 0 Å². The van der Waals surface area contributed by atoms with Gasteiger partial charge in [0.1, 0.15) is 0 Å². The Hall–Kier alpha value is -1.36. The maximum Gasteiger partial charge on any atom is 0.293 e. The van der Waals surface area contributed by atoms with Gasteiger partial charge in [-0.05, 0) is 37.5 Å². The molecule has 0 amide bonds. The maximum atomic E-state index is 12.4. The molecule has 2 fully saturated rings. The third-order valence-electron chi connectivity index (χ3n) is 4.75. The van der Waals surface area contributed by atoms with Crippen molar-refractivity contribution in [2.75, 3.05) is 18.0 Å². The van der Waals surface area contributed by atoms with Gasteiger partial charge in [0.15, 0.2) is 5.82 Å². The van der Waals surface area contributed by atoms with Crippen LogP contribution in [0.2, 0.25) is 0 Å². The van der Waals surface area contributed by atoms with E-state index >= 15 is 0 Å². The highest BCUT2D eigenvalue weighted by Gasteiger charge is 2.37. The van der Waals surface area contributed by atoms with E-state index in [1.807, 2.05) is 0 Å². The monoisotopic (exact) mass is 276 g/mol. The molecule has 20 heavy (non-hydrogen) atoms. The van der Waals surface area contributed by atoms with Crippen LogP contribution in [0.1, 0.15) is 32.6 Å². The van der Waals surface area contributed by atoms with Gasteiger partial charge in [-0.15, -0.1) is 0 Å². The van der Waals surface area contributed by atoms with Crippen molar-refractivity contribution in [3.05, 3.63) is 22.7 Å². The van der Waals surface area contributed by atoms with Crippen LogP contribution in [0, 0.1) is 11.8 Å². The first-order chi connectivity index (χ1) is 9.69. The van der Waals surface area contributed by atoms with E-state index in [-0.39, 0.29) is 5.56 Å². The summed E-state index contributed by atoms with van der Waals surface area (Å²) in [6.45, 7) is 4.75. The first-order valence-corrected chi connectivity index (χ1v) is 7.75. The first-order valence-electron chi connectivity index (χ1n) is 7.75. The molecule has 0 bridgehead atoms. The number of aromatic nitrogens is 2. The standard InChI is InChI=1S/C15H24N4O/c1-2-6-18-7-5-17-14(15(18)20)19-9-11-3-4-13(16)8-12(11)10-19/h5,7,11-13H,2-4,6,8-10,16H2,1H3/t11-,12+,13?/m1/s1. The molecule has 0 spiro atoms. The first kappa shape index (κ1) is 13.6. The Labute approximate surface area is 119 Å². The second-order valence-corrected chi connectivity index (χ2v) is 6.25. The van der Waals surface area contributed by atoms with Crippen molar-refractivity contribution in [3.63, 3.8) is 0 Å². The molecule has 1 aromatic rings. The number of rotatable bonds is 3. The van der Waals surface area contributed by atoms with Crippen molar-refractivity contribution in [2.45, 2.75) is 45.2 Å². The molecule has 1 aromatic heterocycles. The van der Waals surface area contributed by atoms with Crippen LogP contribution in [-0.4, -0.2) is 28.7 Å². The number of nitrogens with zero attached hydrogens (tertiary/aromatic N) is 3. The molecule has 1 aliphatic heterocycles. The molecule has 0 radical (unpaired) electrons. The molecule has 3 rings (SSSR count). The molecule has 2 N–H and O–H groups in total. The van der Waals surface area contributed by atoms with Crippen molar-refractivity contribution in [2.24, 2.45) is 17.6 Å². The second kappa shape index (κ2) is 5.56. The highest BCUT2D eigenvalue weighted by molar-refractivity contribution is 5.38. The lowest BCUT2D eigenvalue weighted by Crippen LogP contribution is -2.33. The van der Waals surface area contributed by atoms with E-state index in [9.17, 15) is 4.79 Å². The minimum Gasteiger partial charge on any atom is -0.351 e. The van der Waals surface area contributed by atoms with Gasteiger partial charge in [0.05, 0.1) is 0 Å². The minimum absolute atomic E-state index is 0.0531. The summed E-state index contributed by atoms with van der Waals surface area (Å²) in [5.74, 6) is 1.96. The summed E-state index contributed by atoms with van der Waals surface area (Å²) in [6, 6.07) is 0.344. The summed E-state index contributed by atoms with van der Waals surface area (Å²) < 4.78 is 1.77. The van der Waals surface area contributed by atoms with Crippen LogP contribution in [0.25, 0.3) is 0 Å². The lowest BCUT2D eigenvalue weighted by Gasteiger charge is -2.27. The Morgan fingerprint density at radius 1 is 1.35 bits per heavy atom. The predicted octanol–water partition coefficient (Wildman–Crippen LogP) is 1.22. The Bertz CT molecular complexity index is 527. The van der Waals surface area contributed by atoms with Crippen molar-refractivity contribution in [1.29, 1.82) is 0 Å². The topological polar surface area (TPSA) is 64.2 Å². The van der Waals surface area contributed by atoms with Crippen LogP contribution >= 0.6 is 0 Å². The molecule has 1 saturated carbocycles. The van der Waals surface area contributed by atoms with Crippen molar-refractivity contribution in [3.8, 4) is 0 Å². The normalized spacial score (nSPS) is 29.5. The molecule has 1 saturated heterocycles. The smallest absolute Gasteiger partial charge is 0.293 e. The molecule has 1 unspecified atom stereocenters. The van der Waals surface area contributed by atoms with E-state index in [4.69, 9.17) is 5.73 Å². The molecule has 2 heterocycles. The van der Waals surface area contributed by atoms with E-state index in [0.29, 0.717) is 23.7 Å². The van der Waals surface area contributed by atoms with Crippen LogP contribution in [0.5, 0.6) is 0 Å². The van der Waals surface area contributed by atoms with Gasteiger partial charge in [0, 0.05) is 38.1 Å². The highest BCUT2D eigenvalue weighted by Crippen LogP contribution is 2.36. The van der Waals surface area contributed by atoms with Crippen LogP contribution in [0.15, 0.2) is 17.2 Å². The molecule has 2 aliphatic rings. The molecular weight excluding hydrogens is 252 g/mol. The van der Waals surface area contributed by atoms with E-state index in [2.05, 4.69) is 16.8 Å². The van der Waals surface area contributed by atoms with Crippen LogP contribution in [0.4, 0.5) is 5.82 Å². The molecule has 3 atom stereocenters. The number of hydrogen-bond donors (Lipinski definition) is 1. The van der Waals surface area contributed by atoms with Gasteiger partial charge in [-0.1, -0.05) is 6.92 Å². The van der Waals surface area contributed by atoms with Crippen LogP contribution < -0.4 is 16.2 Å². The van der Waals surface area contributed by atoms with Gasteiger partial charge in [-0.2, -0.15) is 0 Å². The third-order valence-corrected chi connectivity index (χ3v) is 4.75. The number of nitrogens with two attached hydrogens (primary N) is 1. The zero-order chi connectivity index (χ0) is 14.1. The average molecular weight is 276 g/mol. The molecule has 1 aliphatic carbocycles. The summed E-state index contributed by atoms with van der Waals surface area (Å²) in [5, 5.41) is 0. The fourth-order valence-electron chi connectivity index (χ4n) is 3.71. The second-order valence-electron chi connectivity index (χ2n) is 6.25. The van der Waals surface area contributed by atoms with Crippen molar-refractivity contribution < 1.29 is 0 Å². The summed E-state index contributed by atoms with van der Waals surface area (Å²) in [4.78, 5) is 19.0. The Morgan fingerprint density at radius 3 is 2.95 bits per heavy atom. The molecule has 5 nitrogen and oxygen atoms in total. The van der Waals surface area contributed by atoms with E-state index < -0.39 is 0 Å². The summed E-state index contributed by atoms with van der Waals surface area (Å²) in [7, 11) is 0. The minimum atomic E-state index is 0.0531. The Kier molecular flexibility index (Phi) is 3.78. The number of aryl methyl sites for hydroxylation is 1. The van der Waals surface area contributed by atoms with E-state index in [1.165, 1.54) is 6.42 Å². The number of anilines is 1. The maximum absolute atomic E-state index is 12.4. The molecule has 5 heteroatoms. The van der Waals surface area contributed by atoms with Gasteiger partial charge in [-0.25, -0.2) is 4.98 Å². The van der Waals surface area contributed by atoms with Crippen molar-refractivity contribution >= 4 is 5.82 Å². The molecule has 0 aromatic carbocycles. The van der Waals surface area contributed by atoms with Gasteiger partial charge >= 0.3 is 0 Å². The summed E-state index contributed by atoms with van der Waals surface area (Å²) in [5.41, 5.74) is 6.12. The largest absolute Gasteiger partial charge is 0.351 e. The van der Waals surface area contributed by atoms with Gasteiger partial charge in [-0.3, -0.25) is 4.79 Å². The van der Waals surface area contributed by atoms with E-state index in [1.54, 1.807) is 17.0 Å². The predicted molar refractivity (Wildman–Crippen MR) is 79.8 cm³/mol. The highest BCUT2D eigenvalue weighted by atomic mass is 16.1. The van der Waals surface area contributed by atoms with Gasteiger partial charge < -0.3 is 15.2 Å². The quantitative estimate of drug-likeness (QED) is 0.901. The fraction of sp³-hybridized carbons (Fsp3) is 0.733. The van der Waals surface area contributed by atoms with Crippen LogP contribution in [-0.2, 0) is 6.54 Å². The van der Waals surface area contributed by atoms with Crippen molar-refractivity contribution in [1.82, 2.24) is 9.55 Å². The zero-order valence-electron chi connectivity index (χ0n) is 12.2. The lowest BCUT2D eigenvalue weighted by molar-refractivity contribution is 0.271. The van der Waals surface area contributed by atoms with E-state index in [0.717, 1.165) is 38.9 Å². The number of fused-ring (bicyclic) bond motifs is 1. The van der Waals surface area contributed by atoms with Gasteiger partial charge in [0.2, 0.25) is 0 Å². The summed E-state index contributed by atoms with van der Waals surface area (Å²) >= 11 is 0. The molecule has 110 valence electrons. The Morgan fingerprint density at radius 2 is 2.15 bits per heavy atom. The Balaban J connectivity index is 1.81.